The molecule has 4 heteroatoms. The number of ether oxygens (including phenoxy) is 1. The summed E-state index contributed by atoms with van der Waals surface area (Å²) < 4.78 is 12.6. The van der Waals surface area contributed by atoms with Crippen molar-refractivity contribution in [2.24, 2.45) is 5.41 Å². The average molecular weight is 487 g/mol. The van der Waals surface area contributed by atoms with Crippen LogP contribution in [0.1, 0.15) is 54.4 Å². The third-order valence-electron chi connectivity index (χ3n) is 6.15. The zero-order chi connectivity index (χ0) is 25.6. The fourth-order valence-corrected chi connectivity index (χ4v) is 9.23. The standard InChI is InChI=1S/C31H38O3Si/c1-29(2,3)34-28(32)21-16-24-31(22-14-9-15-23-31)25-33-35(30(4,5)6,26-17-10-7-11-18-26)27-19-12-8-13-20-27/h7-8,10-15,17-20,22-23H,9,24-25H2,1-6H3. The normalized spacial score (nSPS) is 15.3. The summed E-state index contributed by atoms with van der Waals surface area (Å²) in [7, 11) is -2.68. The van der Waals surface area contributed by atoms with E-state index in [9.17, 15) is 4.79 Å². The van der Waals surface area contributed by atoms with Crippen molar-refractivity contribution in [1.82, 2.24) is 0 Å². The van der Waals surface area contributed by atoms with E-state index < -0.39 is 25.3 Å². The molecule has 0 bridgehead atoms. The van der Waals surface area contributed by atoms with Gasteiger partial charge in [0.1, 0.15) is 5.60 Å². The molecule has 3 rings (SSSR count). The molecule has 0 aromatic heterocycles. The van der Waals surface area contributed by atoms with Gasteiger partial charge < -0.3 is 9.16 Å². The third-order valence-corrected chi connectivity index (χ3v) is 11.1. The van der Waals surface area contributed by atoms with Gasteiger partial charge in [-0.3, -0.25) is 0 Å². The van der Waals surface area contributed by atoms with Crippen molar-refractivity contribution >= 4 is 24.7 Å². The van der Waals surface area contributed by atoms with Crippen LogP contribution in [-0.4, -0.2) is 26.5 Å². The molecule has 2 aromatic carbocycles. The summed E-state index contributed by atoms with van der Waals surface area (Å²) in [6, 6.07) is 21.3. The minimum atomic E-state index is -2.68. The zero-order valence-electron chi connectivity index (χ0n) is 21.9. The average Bonchev–Trinajstić information content (AvgIpc) is 2.79. The molecule has 0 fully saturated rings. The summed E-state index contributed by atoms with van der Waals surface area (Å²) in [5.74, 6) is 5.26. The highest BCUT2D eigenvalue weighted by Gasteiger charge is 2.51. The molecule has 0 amide bonds. The van der Waals surface area contributed by atoms with Crippen LogP contribution in [0.4, 0.5) is 0 Å². The van der Waals surface area contributed by atoms with Crippen molar-refractivity contribution in [1.29, 1.82) is 0 Å². The van der Waals surface area contributed by atoms with Crippen LogP contribution in [0.25, 0.3) is 0 Å². The van der Waals surface area contributed by atoms with Gasteiger partial charge in [-0.1, -0.05) is 112 Å². The Morgan fingerprint density at radius 2 is 1.40 bits per heavy atom. The lowest BCUT2D eigenvalue weighted by Gasteiger charge is -2.45. The van der Waals surface area contributed by atoms with Gasteiger partial charge in [0.2, 0.25) is 0 Å². The SMILES string of the molecule is CC(C)(C)OC(=O)C#CCC1(CO[Si](c2ccccc2)(c2ccccc2)C(C)(C)C)C=CCC=C1. The Morgan fingerprint density at radius 1 is 0.886 bits per heavy atom. The molecule has 0 spiro atoms. The predicted octanol–water partition coefficient (Wildman–Crippen LogP) is 5.80. The Morgan fingerprint density at radius 3 is 1.86 bits per heavy atom. The van der Waals surface area contributed by atoms with E-state index in [1.165, 1.54) is 10.4 Å². The number of esters is 1. The zero-order valence-corrected chi connectivity index (χ0v) is 22.9. The first kappa shape index (κ1) is 26.7. The topological polar surface area (TPSA) is 35.5 Å². The second kappa shape index (κ2) is 10.8. The van der Waals surface area contributed by atoms with E-state index in [1.807, 2.05) is 20.8 Å². The number of carbonyl (C=O) groups excluding carboxylic acids is 1. The van der Waals surface area contributed by atoms with Crippen molar-refractivity contribution in [2.75, 3.05) is 6.61 Å². The van der Waals surface area contributed by atoms with E-state index in [-0.39, 0.29) is 5.04 Å². The molecule has 1 aliphatic rings. The Hall–Kier alpha value is -2.87. The first-order valence-corrected chi connectivity index (χ1v) is 14.2. The second-order valence-electron chi connectivity index (χ2n) is 11.2. The minimum Gasteiger partial charge on any atom is -0.450 e. The van der Waals surface area contributed by atoms with Crippen LogP contribution in [0.5, 0.6) is 0 Å². The van der Waals surface area contributed by atoms with Gasteiger partial charge in [0.05, 0.1) is 0 Å². The summed E-state index contributed by atoms with van der Waals surface area (Å²) in [5, 5.41) is 2.39. The van der Waals surface area contributed by atoms with Crippen LogP contribution in [-0.2, 0) is 14.0 Å². The molecular formula is C31H38O3Si. The van der Waals surface area contributed by atoms with Gasteiger partial charge >= 0.3 is 5.97 Å². The maximum atomic E-state index is 12.2. The van der Waals surface area contributed by atoms with Crippen LogP contribution < -0.4 is 10.4 Å². The van der Waals surface area contributed by atoms with Gasteiger partial charge in [0.15, 0.2) is 0 Å². The Balaban J connectivity index is 1.98. The van der Waals surface area contributed by atoms with Crippen molar-refractivity contribution in [3.8, 4) is 11.8 Å². The second-order valence-corrected chi connectivity index (χ2v) is 15.5. The predicted molar refractivity (Wildman–Crippen MR) is 147 cm³/mol. The van der Waals surface area contributed by atoms with E-state index in [0.717, 1.165) is 6.42 Å². The molecule has 3 nitrogen and oxygen atoms in total. The van der Waals surface area contributed by atoms with Gasteiger partial charge in [-0.05, 0) is 42.6 Å². The van der Waals surface area contributed by atoms with E-state index >= 15 is 0 Å². The van der Waals surface area contributed by atoms with Gasteiger partial charge in [0.25, 0.3) is 8.32 Å². The molecule has 184 valence electrons. The van der Waals surface area contributed by atoms with E-state index in [2.05, 4.69) is 118 Å². The number of allylic oxidation sites excluding steroid dienone is 2. The molecule has 0 aliphatic heterocycles. The fraction of sp³-hybridized carbons (Fsp3) is 0.387. The lowest BCUT2D eigenvalue weighted by atomic mass is 9.82. The third kappa shape index (κ3) is 6.63. The molecule has 0 atom stereocenters. The highest BCUT2D eigenvalue weighted by Crippen LogP contribution is 2.39. The van der Waals surface area contributed by atoms with Gasteiger partial charge in [-0.25, -0.2) is 4.79 Å². The lowest BCUT2D eigenvalue weighted by molar-refractivity contribution is -0.147. The summed E-state index contributed by atoms with van der Waals surface area (Å²) in [6.07, 6.45) is 10.1. The minimum absolute atomic E-state index is 0.110. The van der Waals surface area contributed by atoms with Crippen LogP contribution in [0.15, 0.2) is 85.0 Å². The first-order chi connectivity index (χ1) is 16.5. The fourth-order valence-electron chi connectivity index (χ4n) is 4.59. The molecular weight excluding hydrogens is 448 g/mol. The molecule has 0 N–H and O–H groups in total. The van der Waals surface area contributed by atoms with Crippen LogP contribution in [0, 0.1) is 17.3 Å². The van der Waals surface area contributed by atoms with E-state index in [0.29, 0.717) is 13.0 Å². The van der Waals surface area contributed by atoms with Crippen molar-refractivity contribution in [3.63, 3.8) is 0 Å². The van der Waals surface area contributed by atoms with E-state index in [4.69, 9.17) is 9.16 Å². The highest BCUT2D eigenvalue weighted by atomic mass is 28.4. The van der Waals surface area contributed by atoms with Crippen LogP contribution in [0.3, 0.4) is 0 Å². The largest absolute Gasteiger partial charge is 0.450 e. The van der Waals surface area contributed by atoms with E-state index in [1.54, 1.807) is 0 Å². The molecule has 2 aromatic rings. The quantitative estimate of drug-likeness (QED) is 0.170. The number of carbonyl (C=O) groups is 1. The maximum absolute atomic E-state index is 12.2. The maximum Gasteiger partial charge on any atom is 0.384 e. The van der Waals surface area contributed by atoms with Crippen molar-refractivity contribution in [2.45, 2.75) is 65.0 Å². The molecule has 1 aliphatic carbocycles. The van der Waals surface area contributed by atoms with Gasteiger partial charge in [-0.15, -0.1) is 0 Å². The van der Waals surface area contributed by atoms with Gasteiger partial charge in [0, 0.05) is 24.4 Å². The lowest BCUT2D eigenvalue weighted by Crippen LogP contribution is -2.67. The monoisotopic (exact) mass is 486 g/mol. The molecule has 0 saturated carbocycles. The number of hydrogen-bond acceptors (Lipinski definition) is 3. The Bertz CT molecular complexity index is 1060. The van der Waals surface area contributed by atoms with Crippen molar-refractivity contribution < 1.29 is 14.0 Å². The highest BCUT2D eigenvalue weighted by molar-refractivity contribution is 6.99. The molecule has 0 heterocycles. The van der Waals surface area contributed by atoms with Crippen LogP contribution in [0.2, 0.25) is 5.04 Å². The van der Waals surface area contributed by atoms with Gasteiger partial charge in [-0.2, -0.15) is 0 Å². The number of rotatable bonds is 6. The van der Waals surface area contributed by atoms with Crippen molar-refractivity contribution in [3.05, 3.63) is 85.0 Å². The Labute approximate surface area is 212 Å². The smallest absolute Gasteiger partial charge is 0.384 e. The molecule has 0 radical (unpaired) electrons. The summed E-state index contributed by atoms with van der Waals surface area (Å²) in [5.41, 5.74) is -0.958. The molecule has 35 heavy (non-hydrogen) atoms. The molecule has 0 unspecified atom stereocenters. The Kier molecular flexibility index (Phi) is 8.25. The summed E-state index contributed by atoms with van der Waals surface area (Å²) in [6.45, 7) is 12.9. The van der Waals surface area contributed by atoms with Crippen LogP contribution >= 0.6 is 0 Å². The number of hydrogen-bond donors (Lipinski definition) is 0. The molecule has 0 saturated heterocycles. The summed E-state index contributed by atoms with van der Waals surface area (Å²) in [4.78, 5) is 12.2. The summed E-state index contributed by atoms with van der Waals surface area (Å²) >= 11 is 0. The number of benzene rings is 2. The first-order valence-electron chi connectivity index (χ1n) is 12.3.